The maximum absolute atomic E-state index is 13.8. The SMILES string of the molecule is Cc1cc2ncnc(-c3cccnc3F)c2cc1C. The van der Waals surface area contributed by atoms with Crippen LogP contribution in [0, 0.1) is 19.8 Å². The summed E-state index contributed by atoms with van der Waals surface area (Å²) in [6.07, 6.45) is 2.89. The van der Waals surface area contributed by atoms with Crippen LogP contribution in [0.1, 0.15) is 11.1 Å². The number of aromatic nitrogens is 3. The minimum absolute atomic E-state index is 0.401. The van der Waals surface area contributed by atoms with Crippen molar-refractivity contribution < 1.29 is 4.39 Å². The molecule has 1 aromatic carbocycles. The molecule has 19 heavy (non-hydrogen) atoms. The molecule has 0 atom stereocenters. The number of rotatable bonds is 1. The molecule has 0 saturated carbocycles. The number of benzene rings is 1. The van der Waals surface area contributed by atoms with Gasteiger partial charge in [0, 0.05) is 11.6 Å². The van der Waals surface area contributed by atoms with Crippen molar-refractivity contribution in [1.82, 2.24) is 15.0 Å². The van der Waals surface area contributed by atoms with E-state index in [0.717, 1.165) is 22.0 Å². The van der Waals surface area contributed by atoms with Gasteiger partial charge in [0.15, 0.2) is 0 Å². The van der Waals surface area contributed by atoms with E-state index in [4.69, 9.17) is 0 Å². The van der Waals surface area contributed by atoms with Crippen molar-refractivity contribution in [2.24, 2.45) is 0 Å². The van der Waals surface area contributed by atoms with Crippen LogP contribution in [-0.2, 0) is 0 Å². The van der Waals surface area contributed by atoms with Crippen LogP contribution in [0.4, 0.5) is 4.39 Å². The summed E-state index contributed by atoms with van der Waals surface area (Å²) in [7, 11) is 0. The molecule has 0 saturated heterocycles. The third-order valence-electron chi connectivity index (χ3n) is 3.27. The Morgan fingerprint density at radius 3 is 2.58 bits per heavy atom. The number of aryl methyl sites for hydroxylation is 2. The summed E-state index contributed by atoms with van der Waals surface area (Å²) in [6, 6.07) is 7.36. The summed E-state index contributed by atoms with van der Waals surface area (Å²) in [4.78, 5) is 12.1. The molecular formula is C15H12FN3. The summed E-state index contributed by atoms with van der Waals surface area (Å²) in [6.45, 7) is 4.05. The Hall–Kier alpha value is -2.36. The van der Waals surface area contributed by atoms with Crippen LogP contribution in [0.2, 0.25) is 0 Å². The lowest BCUT2D eigenvalue weighted by Gasteiger charge is -2.08. The molecule has 2 aromatic heterocycles. The van der Waals surface area contributed by atoms with E-state index in [1.165, 1.54) is 12.5 Å². The molecule has 0 aliphatic heterocycles. The molecule has 4 heteroatoms. The number of hydrogen-bond donors (Lipinski definition) is 0. The van der Waals surface area contributed by atoms with Gasteiger partial charge in [0.1, 0.15) is 6.33 Å². The standard InChI is InChI=1S/C15H12FN3/c1-9-6-12-13(7-10(9)2)18-8-19-14(12)11-4-3-5-17-15(11)16/h3-8H,1-2H3. The lowest BCUT2D eigenvalue weighted by atomic mass is 10.0. The second kappa shape index (κ2) is 4.39. The van der Waals surface area contributed by atoms with E-state index in [0.29, 0.717) is 11.3 Å². The van der Waals surface area contributed by atoms with E-state index in [2.05, 4.69) is 15.0 Å². The van der Waals surface area contributed by atoms with Crippen LogP contribution in [0.25, 0.3) is 22.2 Å². The highest BCUT2D eigenvalue weighted by Gasteiger charge is 2.12. The average molecular weight is 253 g/mol. The normalized spacial score (nSPS) is 10.9. The molecule has 2 heterocycles. The molecule has 0 bridgehead atoms. The zero-order valence-corrected chi connectivity index (χ0v) is 10.7. The molecule has 0 fully saturated rings. The summed E-state index contributed by atoms with van der Waals surface area (Å²) >= 11 is 0. The Kier molecular flexibility index (Phi) is 2.71. The molecular weight excluding hydrogens is 241 g/mol. The zero-order valence-electron chi connectivity index (χ0n) is 10.7. The highest BCUT2D eigenvalue weighted by molar-refractivity contribution is 5.92. The van der Waals surface area contributed by atoms with E-state index in [1.807, 2.05) is 26.0 Å². The van der Waals surface area contributed by atoms with Crippen molar-refractivity contribution in [1.29, 1.82) is 0 Å². The Labute approximate surface area is 110 Å². The number of fused-ring (bicyclic) bond motifs is 1. The van der Waals surface area contributed by atoms with Crippen molar-refractivity contribution in [3.8, 4) is 11.3 Å². The molecule has 0 amide bonds. The maximum atomic E-state index is 13.8. The van der Waals surface area contributed by atoms with E-state index in [9.17, 15) is 4.39 Å². The first kappa shape index (κ1) is 11.7. The quantitative estimate of drug-likeness (QED) is 0.623. The minimum Gasteiger partial charge on any atom is -0.236 e. The van der Waals surface area contributed by atoms with Gasteiger partial charge in [0.25, 0.3) is 0 Å². The van der Waals surface area contributed by atoms with Crippen LogP contribution in [0.15, 0.2) is 36.8 Å². The second-order valence-electron chi connectivity index (χ2n) is 4.52. The molecule has 0 radical (unpaired) electrons. The summed E-state index contributed by atoms with van der Waals surface area (Å²) in [5, 5.41) is 0.845. The molecule has 3 nitrogen and oxygen atoms in total. The first-order chi connectivity index (χ1) is 9.16. The number of nitrogens with zero attached hydrogens (tertiary/aromatic N) is 3. The van der Waals surface area contributed by atoms with Crippen molar-refractivity contribution in [3.63, 3.8) is 0 Å². The third-order valence-corrected chi connectivity index (χ3v) is 3.27. The Bertz CT molecular complexity index is 768. The van der Waals surface area contributed by atoms with Gasteiger partial charge in [0.05, 0.1) is 16.8 Å². The molecule has 0 N–H and O–H groups in total. The van der Waals surface area contributed by atoms with E-state index in [-0.39, 0.29) is 0 Å². The van der Waals surface area contributed by atoms with E-state index >= 15 is 0 Å². The Morgan fingerprint density at radius 1 is 1.00 bits per heavy atom. The Morgan fingerprint density at radius 2 is 1.79 bits per heavy atom. The third kappa shape index (κ3) is 1.95. The predicted octanol–water partition coefficient (Wildman–Crippen LogP) is 3.45. The lowest BCUT2D eigenvalue weighted by Crippen LogP contribution is -1.94. The van der Waals surface area contributed by atoms with Gasteiger partial charge in [-0.15, -0.1) is 0 Å². The smallest absolute Gasteiger partial charge is 0.222 e. The van der Waals surface area contributed by atoms with Crippen LogP contribution < -0.4 is 0 Å². The van der Waals surface area contributed by atoms with Gasteiger partial charge in [-0.3, -0.25) is 0 Å². The fourth-order valence-electron chi connectivity index (χ4n) is 2.09. The largest absolute Gasteiger partial charge is 0.236 e. The highest BCUT2D eigenvalue weighted by Crippen LogP contribution is 2.28. The number of hydrogen-bond acceptors (Lipinski definition) is 3. The summed E-state index contributed by atoms with van der Waals surface area (Å²) in [5.74, 6) is -0.513. The van der Waals surface area contributed by atoms with Gasteiger partial charge in [-0.25, -0.2) is 15.0 Å². The van der Waals surface area contributed by atoms with Gasteiger partial charge >= 0.3 is 0 Å². The molecule has 0 aliphatic carbocycles. The number of halogens is 1. The predicted molar refractivity (Wildman–Crippen MR) is 72.2 cm³/mol. The monoisotopic (exact) mass is 253 g/mol. The first-order valence-electron chi connectivity index (χ1n) is 5.99. The van der Waals surface area contributed by atoms with Gasteiger partial charge in [-0.05, 0) is 49.2 Å². The first-order valence-corrected chi connectivity index (χ1v) is 5.99. The van der Waals surface area contributed by atoms with E-state index < -0.39 is 5.95 Å². The lowest BCUT2D eigenvalue weighted by molar-refractivity contribution is 0.587. The topological polar surface area (TPSA) is 38.7 Å². The highest BCUT2D eigenvalue weighted by atomic mass is 19.1. The molecule has 3 rings (SSSR count). The van der Waals surface area contributed by atoms with Gasteiger partial charge in [0.2, 0.25) is 5.95 Å². The van der Waals surface area contributed by atoms with Crippen molar-refractivity contribution in [2.75, 3.05) is 0 Å². The Balaban J connectivity index is 2.36. The maximum Gasteiger partial charge on any atom is 0.222 e. The van der Waals surface area contributed by atoms with Crippen molar-refractivity contribution in [3.05, 3.63) is 53.9 Å². The molecule has 0 spiro atoms. The van der Waals surface area contributed by atoms with Gasteiger partial charge in [-0.2, -0.15) is 4.39 Å². The van der Waals surface area contributed by atoms with Crippen molar-refractivity contribution in [2.45, 2.75) is 13.8 Å². The fourth-order valence-corrected chi connectivity index (χ4v) is 2.09. The zero-order chi connectivity index (χ0) is 13.4. The van der Waals surface area contributed by atoms with Gasteiger partial charge in [-0.1, -0.05) is 0 Å². The second-order valence-corrected chi connectivity index (χ2v) is 4.52. The van der Waals surface area contributed by atoms with Crippen molar-refractivity contribution >= 4 is 10.9 Å². The average Bonchev–Trinajstić information content (AvgIpc) is 2.40. The minimum atomic E-state index is -0.513. The van der Waals surface area contributed by atoms with Crippen LogP contribution in [0.3, 0.4) is 0 Å². The molecule has 0 aliphatic rings. The molecule has 3 aromatic rings. The van der Waals surface area contributed by atoms with E-state index in [1.54, 1.807) is 12.1 Å². The van der Waals surface area contributed by atoms with Crippen LogP contribution in [-0.4, -0.2) is 15.0 Å². The molecule has 94 valence electrons. The fraction of sp³-hybridized carbons (Fsp3) is 0.133. The molecule has 0 unspecified atom stereocenters. The number of pyridine rings is 1. The van der Waals surface area contributed by atoms with Gasteiger partial charge < -0.3 is 0 Å². The van der Waals surface area contributed by atoms with Crippen LogP contribution in [0.5, 0.6) is 0 Å². The van der Waals surface area contributed by atoms with Crippen LogP contribution >= 0.6 is 0 Å². The summed E-state index contributed by atoms with van der Waals surface area (Å²) in [5.41, 5.74) is 4.09. The summed E-state index contributed by atoms with van der Waals surface area (Å²) < 4.78 is 13.8.